The molecule has 0 atom stereocenters. The summed E-state index contributed by atoms with van der Waals surface area (Å²) in [5.41, 5.74) is 3.67. The van der Waals surface area contributed by atoms with Crippen LogP contribution in [0.3, 0.4) is 0 Å². The van der Waals surface area contributed by atoms with E-state index in [0.29, 0.717) is 10.9 Å². The fourth-order valence-corrected chi connectivity index (χ4v) is 2.87. The molecule has 0 amide bonds. The minimum atomic E-state index is 0.419. The summed E-state index contributed by atoms with van der Waals surface area (Å²) in [6, 6.07) is 23.5. The number of nitrogens with one attached hydrogen (secondary N) is 2. The van der Waals surface area contributed by atoms with E-state index in [9.17, 15) is 0 Å². The number of hydrogen-bond donors (Lipinski definition) is 2. The van der Waals surface area contributed by atoms with E-state index in [1.165, 1.54) is 0 Å². The molecule has 2 N–H and O–H groups in total. The zero-order valence-electron chi connectivity index (χ0n) is 12.7. The third kappa shape index (κ3) is 4.97. The molecular formula is C18H15N3OS2. The van der Waals surface area contributed by atoms with Crippen LogP contribution >= 0.6 is 24.0 Å². The molecule has 1 heterocycles. The normalized spacial score (nSPS) is 10.7. The summed E-state index contributed by atoms with van der Waals surface area (Å²) in [6.45, 7) is 0. The maximum Gasteiger partial charge on any atom is 0.191 e. The second-order valence-corrected chi connectivity index (χ2v) is 6.25. The summed E-state index contributed by atoms with van der Waals surface area (Å²) in [5, 5.41) is 8.35. The molecule has 6 heteroatoms. The quantitative estimate of drug-likeness (QED) is 0.394. The lowest BCUT2D eigenvalue weighted by Gasteiger charge is -2.05. The van der Waals surface area contributed by atoms with Crippen molar-refractivity contribution in [2.45, 2.75) is 9.99 Å². The van der Waals surface area contributed by atoms with E-state index in [-0.39, 0.29) is 0 Å². The molecule has 0 saturated heterocycles. The van der Waals surface area contributed by atoms with Crippen molar-refractivity contribution in [1.82, 2.24) is 5.43 Å². The lowest BCUT2D eigenvalue weighted by atomic mass is 10.3. The van der Waals surface area contributed by atoms with E-state index < -0.39 is 0 Å². The van der Waals surface area contributed by atoms with Crippen molar-refractivity contribution < 1.29 is 4.42 Å². The van der Waals surface area contributed by atoms with Crippen LogP contribution in [0.2, 0.25) is 0 Å². The van der Waals surface area contributed by atoms with E-state index in [0.717, 1.165) is 15.7 Å². The summed E-state index contributed by atoms with van der Waals surface area (Å²) < 4.78 is 5.70. The number of nitrogens with zero attached hydrogens (tertiary/aromatic N) is 1. The SMILES string of the molecule is S=C(N/N=C/c1ccc(Sc2ccccc2)o1)Nc1ccccc1. The van der Waals surface area contributed by atoms with Crippen LogP contribution in [0.1, 0.15) is 5.76 Å². The highest BCUT2D eigenvalue weighted by molar-refractivity contribution is 7.99. The summed E-state index contributed by atoms with van der Waals surface area (Å²) in [5.74, 6) is 0.656. The van der Waals surface area contributed by atoms with Gasteiger partial charge in [0.05, 0.1) is 6.21 Å². The highest BCUT2D eigenvalue weighted by Crippen LogP contribution is 2.28. The van der Waals surface area contributed by atoms with Gasteiger partial charge >= 0.3 is 0 Å². The number of benzene rings is 2. The number of hydrazone groups is 1. The molecule has 1 aromatic heterocycles. The van der Waals surface area contributed by atoms with Crippen molar-refractivity contribution in [3.63, 3.8) is 0 Å². The van der Waals surface area contributed by atoms with Crippen molar-refractivity contribution >= 4 is 41.0 Å². The molecule has 0 spiro atoms. The maximum atomic E-state index is 5.70. The molecule has 3 rings (SSSR count). The molecule has 0 bridgehead atoms. The molecule has 120 valence electrons. The Hall–Kier alpha value is -2.57. The number of anilines is 1. The second-order valence-electron chi connectivity index (χ2n) is 4.76. The van der Waals surface area contributed by atoms with E-state index >= 15 is 0 Å². The van der Waals surface area contributed by atoms with Gasteiger partial charge in [-0.1, -0.05) is 48.2 Å². The highest BCUT2D eigenvalue weighted by Gasteiger charge is 2.02. The Morgan fingerprint density at radius 3 is 2.42 bits per heavy atom. The van der Waals surface area contributed by atoms with Gasteiger partial charge in [-0.05, 0) is 48.6 Å². The molecule has 0 radical (unpaired) electrons. The highest BCUT2D eigenvalue weighted by atomic mass is 32.2. The van der Waals surface area contributed by atoms with Crippen molar-refractivity contribution in [3.05, 3.63) is 78.6 Å². The van der Waals surface area contributed by atoms with Crippen LogP contribution < -0.4 is 10.7 Å². The third-order valence-electron chi connectivity index (χ3n) is 2.95. The van der Waals surface area contributed by atoms with Crippen LogP contribution in [0.4, 0.5) is 5.69 Å². The fraction of sp³-hybridized carbons (Fsp3) is 0. The Balaban J connectivity index is 1.51. The molecule has 24 heavy (non-hydrogen) atoms. The predicted molar refractivity (Wildman–Crippen MR) is 103 cm³/mol. The van der Waals surface area contributed by atoms with Gasteiger partial charge in [0.1, 0.15) is 5.76 Å². The van der Waals surface area contributed by atoms with Crippen LogP contribution in [0.25, 0.3) is 0 Å². The number of hydrogen-bond acceptors (Lipinski definition) is 4. The minimum Gasteiger partial charge on any atom is -0.448 e. The van der Waals surface area contributed by atoms with Crippen LogP contribution in [-0.4, -0.2) is 11.3 Å². The van der Waals surface area contributed by atoms with Gasteiger partial charge in [0.15, 0.2) is 10.2 Å². The van der Waals surface area contributed by atoms with Gasteiger partial charge in [-0.3, -0.25) is 5.43 Å². The third-order valence-corrected chi connectivity index (χ3v) is 4.08. The number of rotatable bonds is 5. The molecule has 3 aromatic rings. The van der Waals surface area contributed by atoms with Gasteiger partial charge in [0.25, 0.3) is 0 Å². The first-order chi connectivity index (χ1) is 11.8. The van der Waals surface area contributed by atoms with Crippen LogP contribution in [0.15, 0.2) is 92.3 Å². The Labute approximate surface area is 150 Å². The maximum absolute atomic E-state index is 5.70. The smallest absolute Gasteiger partial charge is 0.191 e. The van der Waals surface area contributed by atoms with Crippen molar-refractivity contribution in [2.75, 3.05) is 5.32 Å². The van der Waals surface area contributed by atoms with Crippen molar-refractivity contribution in [1.29, 1.82) is 0 Å². The van der Waals surface area contributed by atoms with Crippen LogP contribution in [0.5, 0.6) is 0 Å². The summed E-state index contributed by atoms with van der Waals surface area (Å²) in [4.78, 5) is 1.13. The zero-order chi connectivity index (χ0) is 16.6. The summed E-state index contributed by atoms with van der Waals surface area (Å²) >= 11 is 6.74. The molecule has 0 aliphatic heterocycles. The van der Waals surface area contributed by atoms with Gasteiger partial charge in [-0.15, -0.1) is 0 Å². The molecule has 4 nitrogen and oxygen atoms in total. The number of thiocarbonyl (C=S) groups is 1. The largest absolute Gasteiger partial charge is 0.448 e. The average molecular weight is 353 g/mol. The van der Waals surface area contributed by atoms with Crippen LogP contribution in [0, 0.1) is 0 Å². The predicted octanol–water partition coefficient (Wildman–Crippen LogP) is 4.75. The first kappa shape index (κ1) is 16.3. The summed E-state index contributed by atoms with van der Waals surface area (Å²) in [6.07, 6.45) is 1.59. The second kappa shape index (κ2) is 8.33. The van der Waals surface area contributed by atoms with Gasteiger partial charge < -0.3 is 9.73 Å². The molecule has 2 aromatic carbocycles. The number of furan rings is 1. The van der Waals surface area contributed by atoms with Crippen molar-refractivity contribution in [3.8, 4) is 0 Å². The minimum absolute atomic E-state index is 0.419. The molecule has 0 unspecified atom stereocenters. The van der Waals surface area contributed by atoms with E-state index in [4.69, 9.17) is 16.6 Å². The first-order valence-electron chi connectivity index (χ1n) is 7.27. The molecule has 0 saturated carbocycles. The Morgan fingerprint density at radius 2 is 1.67 bits per heavy atom. The lowest BCUT2D eigenvalue weighted by molar-refractivity contribution is 0.469. The van der Waals surface area contributed by atoms with E-state index in [1.54, 1.807) is 18.0 Å². The summed E-state index contributed by atoms with van der Waals surface area (Å²) in [7, 11) is 0. The van der Waals surface area contributed by atoms with Gasteiger partial charge in [0.2, 0.25) is 0 Å². The van der Waals surface area contributed by atoms with Crippen LogP contribution in [-0.2, 0) is 0 Å². The molecule has 0 fully saturated rings. The Kier molecular flexibility index (Phi) is 5.65. The fourth-order valence-electron chi connectivity index (χ4n) is 1.90. The zero-order valence-corrected chi connectivity index (χ0v) is 14.3. The average Bonchev–Trinajstić information content (AvgIpc) is 3.04. The van der Waals surface area contributed by atoms with Gasteiger partial charge in [-0.2, -0.15) is 5.10 Å². The molecule has 0 aliphatic rings. The standard InChI is InChI=1S/C18H15N3OS2/c23-18(20-14-7-3-1-4-8-14)21-19-13-15-11-12-17(22-15)24-16-9-5-2-6-10-16/h1-13H,(H2,20,21,23)/b19-13+. The topological polar surface area (TPSA) is 49.6 Å². The monoisotopic (exact) mass is 353 g/mol. The Bertz CT molecular complexity index is 817. The number of para-hydroxylation sites is 1. The van der Waals surface area contributed by atoms with Crippen molar-refractivity contribution in [2.24, 2.45) is 5.10 Å². The van der Waals surface area contributed by atoms with Gasteiger partial charge in [0, 0.05) is 10.6 Å². The van der Waals surface area contributed by atoms with Gasteiger partial charge in [-0.25, -0.2) is 0 Å². The first-order valence-corrected chi connectivity index (χ1v) is 8.50. The van der Waals surface area contributed by atoms with E-state index in [2.05, 4.69) is 15.8 Å². The molecular weight excluding hydrogens is 338 g/mol. The Morgan fingerprint density at radius 1 is 0.958 bits per heavy atom. The molecule has 0 aliphatic carbocycles. The lowest BCUT2D eigenvalue weighted by Crippen LogP contribution is -2.23. The van der Waals surface area contributed by atoms with E-state index in [1.807, 2.05) is 72.8 Å².